The van der Waals surface area contributed by atoms with Gasteiger partial charge in [0.15, 0.2) is 0 Å². The standard InChI is InChI=1S/C23H30ClN3O4S/c1-5-17(2)25-23(29)18(3)26(15-19-10-9-11-20(24)14-19)22(28)16-27(32(4,30)31)21-12-7-6-8-13-21/h6-14,17-18H,5,15-16H2,1-4H3,(H,25,29)/t17-,18-/m1/s1. The first-order valence-electron chi connectivity index (χ1n) is 10.4. The lowest BCUT2D eigenvalue weighted by Crippen LogP contribution is -2.52. The summed E-state index contributed by atoms with van der Waals surface area (Å²) in [6.07, 6.45) is 1.80. The van der Waals surface area contributed by atoms with Crippen LogP contribution in [0, 0.1) is 0 Å². The SMILES string of the molecule is CC[C@@H](C)NC(=O)[C@@H](C)N(Cc1cccc(Cl)c1)C(=O)CN(c1ccccc1)S(C)(=O)=O. The Morgan fingerprint density at radius 2 is 1.72 bits per heavy atom. The van der Waals surface area contributed by atoms with Crippen molar-refractivity contribution < 1.29 is 18.0 Å². The molecule has 32 heavy (non-hydrogen) atoms. The van der Waals surface area contributed by atoms with Gasteiger partial charge in [-0.25, -0.2) is 8.42 Å². The predicted molar refractivity (Wildman–Crippen MR) is 128 cm³/mol. The maximum absolute atomic E-state index is 13.4. The molecule has 0 heterocycles. The third kappa shape index (κ3) is 7.24. The van der Waals surface area contributed by atoms with E-state index in [1.807, 2.05) is 13.8 Å². The van der Waals surface area contributed by atoms with E-state index in [4.69, 9.17) is 11.6 Å². The van der Waals surface area contributed by atoms with Crippen LogP contribution in [0.25, 0.3) is 0 Å². The summed E-state index contributed by atoms with van der Waals surface area (Å²) >= 11 is 6.09. The highest BCUT2D eigenvalue weighted by atomic mass is 35.5. The van der Waals surface area contributed by atoms with Crippen molar-refractivity contribution >= 4 is 39.1 Å². The zero-order valence-corrected chi connectivity index (χ0v) is 20.4. The number of nitrogens with one attached hydrogen (secondary N) is 1. The van der Waals surface area contributed by atoms with Crippen LogP contribution >= 0.6 is 11.6 Å². The van der Waals surface area contributed by atoms with Gasteiger partial charge >= 0.3 is 0 Å². The fourth-order valence-corrected chi connectivity index (χ4v) is 4.15. The molecule has 2 aromatic carbocycles. The van der Waals surface area contributed by atoms with Crippen LogP contribution in [-0.2, 0) is 26.2 Å². The Morgan fingerprint density at radius 1 is 1.06 bits per heavy atom. The molecule has 2 amide bonds. The van der Waals surface area contributed by atoms with Gasteiger partial charge in [0.05, 0.1) is 11.9 Å². The van der Waals surface area contributed by atoms with Crippen molar-refractivity contribution in [3.8, 4) is 0 Å². The minimum absolute atomic E-state index is 0.0510. The van der Waals surface area contributed by atoms with Crippen molar-refractivity contribution in [2.24, 2.45) is 0 Å². The highest BCUT2D eigenvalue weighted by Crippen LogP contribution is 2.19. The van der Waals surface area contributed by atoms with E-state index in [9.17, 15) is 18.0 Å². The zero-order valence-electron chi connectivity index (χ0n) is 18.8. The summed E-state index contributed by atoms with van der Waals surface area (Å²) in [7, 11) is -3.73. The molecular weight excluding hydrogens is 450 g/mol. The second kappa shape index (κ2) is 11.3. The number of carbonyl (C=O) groups excluding carboxylic acids is 2. The van der Waals surface area contributed by atoms with Crippen LogP contribution in [0.15, 0.2) is 54.6 Å². The van der Waals surface area contributed by atoms with E-state index in [-0.39, 0.29) is 18.5 Å². The van der Waals surface area contributed by atoms with E-state index in [2.05, 4.69) is 5.32 Å². The first-order chi connectivity index (χ1) is 15.0. The summed E-state index contributed by atoms with van der Waals surface area (Å²) in [4.78, 5) is 27.6. The number of rotatable bonds is 10. The Bertz CT molecular complexity index is 1030. The van der Waals surface area contributed by atoms with Crippen molar-refractivity contribution in [3.63, 3.8) is 0 Å². The molecule has 2 atom stereocenters. The number of sulfonamides is 1. The van der Waals surface area contributed by atoms with E-state index in [1.54, 1.807) is 61.5 Å². The van der Waals surface area contributed by atoms with Crippen LogP contribution in [-0.4, -0.2) is 50.0 Å². The normalized spacial score (nSPS) is 13.2. The van der Waals surface area contributed by atoms with Crippen LogP contribution < -0.4 is 9.62 Å². The molecular formula is C23H30ClN3O4S. The third-order valence-electron chi connectivity index (χ3n) is 5.13. The fourth-order valence-electron chi connectivity index (χ4n) is 3.09. The van der Waals surface area contributed by atoms with E-state index in [0.717, 1.165) is 22.5 Å². The second-order valence-corrected chi connectivity index (χ2v) is 10.1. The number of para-hydroxylation sites is 1. The zero-order chi connectivity index (χ0) is 23.9. The van der Waals surface area contributed by atoms with E-state index >= 15 is 0 Å². The molecule has 0 bridgehead atoms. The lowest BCUT2D eigenvalue weighted by Gasteiger charge is -2.32. The Labute approximate surface area is 195 Å². The quantitative estimate of drug-likeness (QED) is 0.565. The number of halogens is 1. The highest BCUT2D eigenvalue weighted by Gasteiger charge is 2.30. The van der Waals surface area contributed by atoms with Crippen molar-refractivity contribution in [1.29, 1.82) is 0 Å². The van der Waals surface area contributed by atoms with E-state index < -0.39 is 28.5 Å². The molecule has 0 aliphatic carbocycles. The first kappa shape index (κ1) is 25.7. The van der Waals surface area contributed by atoms with Gasteiger partial charge in [0.25, 0.3) is 0 Å². The molecule has 0 radical (unpaired) electrons. The highest BCUT2D eigenvalue weighted by molar-refractivity contribution is 7.92. The number of hydrogen-bond donors (Lipinski definition) is 1. The van der Waals surface area contributed by atoms with E-state index in [0.29, 0.717) is 10.7 Å². The van der Waals surface area contributed by atoms with Crippen LogP contribution in [0.1, 0.15) is 32.8 Å². The van der Waals surface area contributed by atoms with Gasteiger partial charge in [-0.15, -0.1) is 0 Å². The van der Waals surface area contributed by atoms with Crippen LogP contribution in [0.3, 0.4) is 0 Å². The van der Waals surface area contributed by atoms with E-state index in [1.165, 1.54) is 4.90 Å². The number of anilines is 1. The van der Waals surface area contributed by atoms with Gasteiger partial charge < -0.3 is 10.2 Å². The summed E-state index contributed by atoms with van der Waals surface area (Å²) < 4.78 is 25.9. The minimum Gasteiger partial charge on any atom is -0.352 e. The van der Waals surface area contributed by atoms with Crippen molar-refractivity contribution in [2.75, 3.05) is 17.1 Å². The maximum Gasteiger partial charge on any atom is 0.244 e. The van der Waals surface area contributed by atoms with Crippen LogP contribution in [0.4, 0.5) is 5.69 Å². The number of benzene rings is 2. The molecule has 0 spiro atoms. The Hall–Kier alpha value is -2.58. The van der Waals surface area contributed by atoms with Crippen molar-refractivity contribution in [3.05, 3.63) is 65.2 Å². The van der Waals surface area contributed by atoms with Crippen molar-refractivity contribution in [1.82, 2.24) is 10.2 Å². The summed E-state index contributed by atoms with van der Waals surface area (Å²) in [6, 6.07) is 14.5. The van der Waals surface area contributed by atoms with Gasteiger partial charge in [0, 0.05) is 17.6 Å². The molecule has 0 saturated carbocycles. The Balaban J connectivity index is 2.36. The largest absolute Gasteiger partial charge is 0.352 e. The van der Waals surface area contributed by atoms with Crippen LogP contribution in [0.2, 0.25) is 5.02 Å². The average Bonchev–Trinajstić information content (AvgIpc) is 2.74. The molecule has 2 aromatic rings. The first-order valence-corrected chi connectivity index (χ1v) is 12.6. The monoisotopic (exact) mass is 479 g/mol. The van der Waals surface area contributed by atoms with Gasteiger partial charge in [-0.1, -0.05) is 48.9 Å². The molecule has 0 unspecified atom stereocenters. The molecule has 0 aliphatic rings. The third-order valence-corrected chi connectivity index (χ3v) is 6.51. The fraction of sp³-hybridized carbons (Fsp3) is 0.391. The lowest BCUT2D eigenvalue weighted by molar-refractivity contribution is -0.139. The number of carbonyl (C=O) groups is 2. The van der Waals surface area contributed by atoms with Crippen molar-refractivity contribution in [2.45, 2.75) is 45.8 Å². The molecule has 0 fully saturated rings. The van der Waals surface area contributed by atoms with Gasteiger partial charge in [0.2, 0.25) is 21.8 Å². The number of amides is 2. The van der Waals surface area contributed by atoms with Gasteiger partial charge in [-0.05, 0) is 50.1 Å². The summed E-state index contributed by atoms with van der Waals surface area (Å²) in [5.74, 6) is -0.800. The molecule has 0 aliphatic heterocycles. The second-order valence-electron chi connectivity index (χ2n) is 7.75. The van der Waals surface area contributed by atoms with Crippen LogP contribution in [0.5, 0.6) is 0 Å². The molecule has 1 N–H and O–H groups in total. The molecule has 2 rings (SSSR count). The molecule has 0 saturated heterocycles. The predicted octanol–water partition coefficient (Wildman–Crippen LogP) is 3.44. The maximum atomic E-state index is 13.4. The van der Waals surface area contributed by atoms with Gasteiger partial charge in [-0.2, -0.15) is 0 Å². The lowest BCUT2D eigenvalue weighted by atomic mass is 10.1. The summed E-state index contributed by atoms with van der Waals surface area (Å²) in [5, 5.41) is 3.39. The molecule has 174 valence electrons. The summed E-state index contributed by atoms with van der Waals surface area (Å²) in [5.41, 5.74) is 1.11. The van der Waals surface area contributed by atoms with Gasteiger partial charge in [0.1, 0.15) is 12.6 Å². The Morgan fingerprint density at radius 3 is 2.28 bits per heavy atom. The Kier molecular flexibility index (Phi) is 9.09. The topological polar surface area (TPSA) is 86.8 Å². The number of nitrogens with zero attached hydrogens (tertiary/aromatic N) is 2. The van der Waals surface area contributed by atoms with Gasteiger partial charge in [-0.3, -0.25) is 13.9 Å². The summed E-state index contributed by atoms with van der Waals surface area (Å²) in [6.45, 7) is 5.15. The molecule has 0 aromatic heterocycles. The minimum atomic E-state index is -3.73. The molecule has 9 heteroatoms. The number of hydrogen-bond acceptors (Lipinski definition) is 4. The smallest absolute Gasteiger partial charge is 0.244 e. The molecule has 7 nitrogen and oxygen atoms in total. The average molecular weight is 480 g/mol.